The third kappa shape index (κ3) is 4.80. The van der Waals surface area contributed by atoms with Gasteiger partial charge >= 0.3 is 0 Å². The van der Waals surface area contributed by atoms with Gasteiger partial charge in [0.05, 0.1) is 0 Å². The van der Waals surface area contributed by atoms with E-state index in [-0.39, 0.29) is 19.0 Å². The quantitative estimate of drug-likeness (QED) is 0.793. The van der Waals surface area contributed by atoms with Crippen molar-refractivity contribution in [3.8, 4) is 11.1 Å². The fourth-order valence-electron chi connectivity index (χ4n) is 1.96. The third-order valence-electron chi connectivity index (χ3n) is 2.96. The molecular formula is C16H19Cl2NO. The number of aliphatic hydroxyl groups excluding tert-OH is 1. The first-order valence-electron chi connectivity index (χ1n) is 6.46. The summed E-state index contributed by atoms with van der Waals surface area (Å²) in [6.07, 6.45) is 0.774. The molecule has 2 aromatic rings. The molecule has 0 unspecified atom stereocenters. The maximum absolute atomic E-state index is 8.71. The third-order valence-corrected chi connectivity index (χ3v) is 3.27. The molecule has 2 nitrogen and oxygen atoms in total. The molecule has 108 valence electrons. The topological polar surface area (TPSA) is 32.3 Å². The van der Waals surface area contributed by atoms with E-state index in [1.165, 1.54) is 0 Å². The molecule has 0 saturated carbocycles. The highest BCUT2D eigenvalue weighted by Crippen LogP contribution is 2.28. The van der Waals surface area contributed by atoms with Crippen molar-refractivity contribution < 1.29 is 5.11 Å². The van der Waals surface area contributed by atoms with Crippen LogP contribution in [0.15, 0.2) is 48.5 Å². The van der Waals surface area contributed by atoms with Gasteiger partial charge in [0.1, 0.15) is 0 Å². The zero-order valence-corrected chi connectivity index (χ0v) is 12.8. The van der Waals surface area contributed by atoms with E-state index in [1.807, 2.05) is 24.3 Å². The van der Waals surface area contributed by atoms with Crippen LogP contribution in [0.1, 0.15) is 12.0 Å². The summed E-state index contributed by atoms with van der Waals surface area (Å²) in [6, 6.07) is 16.3. The highest BCUT2D eigenvalue weighted by atomic mass is 35.5. The van der Waals surface area contributed by atoms with E-state index < -0.39 is 0 Å². The summed E-state index contributed by atoms with van der Waals surface area (Å²) < 4.78 is 0. The standard InChI is InChI=1S/C16H18ClNO.ClH/c17-16-11-13(12-18-9-4-10-19)7-8-15(16)14-5-2-1-3-6-14;/h1-3,5-8,11,18-19H,4,9-10,12H2;1H. The Bertz CT molecular complexity index is 517. The molecule has 0 bridgehead atoms. The lowest BCUT2D eigenvalue weighted by Gasteiger charge is -2.08. The lowest BCUT2D eigenvalue weighted by Crippen LogP contribution is -2.15. The molecule has 0 aliphatic carbocycles. The van der Waals surface area contributed by atoms with E-state index >= 15 is 0 Å². The van der Waals surface area contributed by atoms with Gasteiger partial charge < -0.3 is 10.4 Å². The molecule has 0 fully saturated rings. The number of halogens is 2. The van der Waals surface area contributed by atoms with Gasteiger partial charge in [0.25, 0.3) is 0 Å². The first kappa shape index (κ1) is 17.0. The van der Waals surface area contributed by atoms with Crippen molar-refractivity contribution in [2.45, 2.75) is 13.0 Å². The first-order chi connectivity index (χ1) is 9.31. The van der Waals surface area contributed by atoms with Gasteiger partial charge in [-0.1, -0.05) is 54.1 Å². The van der Waals surface area contributed by atoms with E-state index in [1.54, 1.807) is 0 Å². The minimum absolute atomic E-state index is 0. The van der Waals surface area contributed by atoms with Crippen LogP contribution < -0.4 is 5.32 Å². The summed E-state index contributed by atoms with van der Waals surface area (Å²) in [6.45, 7) is 1.81. The molecule has 0 heterocycles. The number of hydrogen-bond acceptors (Lipinski definition) is 2. The Morgan fingerprint density at radius 2 is 1.80 bits per heavy atom. The maximum Gasteiger partial charge on any atom is 0.0487 e. The Balaban J connectivity index is 0.00000200. The van der Waals surface area contributed by atoms with Crippen molar-refractivity contribution in [1.82, 2.24) is 5.32 Å². The van der Waals surface area contributed by atoms with Gasteiger partial charge in [0, 0.05) is 23.7 Å². The smallest absolute Gasteiger partial charge is 0.0487 e. The molecule has 0 aliphatic rings. The molecule has 0 spiro atoms. The predicted molar refractivity (Wildman–Crippen MR) is 87.5 cm³/mol. The van der Waals surface area contributed by atoms with E-state index in [4.69, 9.17) is 16.7 Å². The van der Waals surface area contributed by atoms with Crippen LogP contribution in [0.5, 0.6) is 0 Å². The Morgan fingerprint density at radius 3 is 2.45 bits per heavy atom. The molecule has 0 aromatic heterocycles. The van der Waals surface area contributed by atoms with Crippen LogP contribution in [-0.2, 0) is 6.54 Å². The Labute approximate surface area is 131 Å². The fraction of sp³-hybridized carbons (Fsp3) is 0.250. The summed E-state index contributed by atoms with van der Waals surface area (Å²) in [5.41, 5.74) is 3.34. The zero-order chi connectivity index (χ0) is 13.5. The number of hydrogen-bond donors (Lipinski definition) is 2. The number of nitrogens with one attached hydrogen (secondary N) is 1. The van der Waals surface area contributed by atoms with Crippen LogP contribution in [0.2, 0.25) is 5.02 Å². The Hall–Kier alpha value is -1.06. The molecule has 0 atom stereocenters. The molecule has 2 rings (SSSR count). The molecule has 20 heavy (non-hydrogen) atoms. The van der Waals surface area contributed by atoms with Crippen LogP contribution in [0.3, 0.4) is 0 Å². The molecule has 0 amide bonds. The lowest BCUT2D eigenvalue weighted by molar-refractivity contribution is 0.286. The summed E-state index contributed by atoms with van der Waals surface area (Å²) in [7, 11) is 0. The summed E-state index contributed by atoms with van der Waals surface area (Å²) in [5.74, 6) is 0. The predicted octanol–water partition coefficient (Wildman–Crippen LogP) is 3.90. The Kier molecular flexibility index (Phi) is 7.63. The highest BCUT2D eigenvalue weighted by Gasteiger charge is 2.04. The number of benzene rings is 2. The van der Waals surface area contributed by atoms with E-state index in [0.29, 0.717) is 0 Å². The number of rotatable bonds is 6. The minimum Gasteiger partial charge on any atom is -0.396 e. The van der Waals surface area contributed by atoms with Gasteiger partial charge in [-0.3, -0.25) is 0 Å². The summed E-state index contributed by atoms with van der Waals surface area (Å²) in [4.78, 5) is 0. The largest absolute Gasteiger partial charge is 0.396 e. The molecule has 0 radical (unpaired) electrons. The van der Waals surface area contributed by atoms with Gasteiger partial charge in [-0.25, -0.2) is 0 Å². The summed E-state index contributed by atoms with van der Waals surface area (Å²) >= 11 is 6.34. The van der Waals surface area contributed by atoms with Crippen LogP contribution in [0, 0.1) is 0 Å². The van der Waals surface area contributed by atoms with E-state index in [2.05, 4.69) is 29.6 Å². The van der Waals surface area contributed by atoms with Crippen LogP contribution >= 0.6 is 24.0 Å². The SMILES string of the molecule is Cl.OCCCNCc1ccc(-c2ccccc2)c(Cl)c1. The molecule has 2 aromatic carbocycles. The first-order valence-corrected chi connectivity index (χ1v) is 6.84. The van der Waals surface area contributed by atoms with Crippen molar-refractivity contribution >= 4 is 24.0 Å². The molecule has 0 aliphatic heterocycles. The van der Waals surface area contributed by atoms with Crippen molar-refractivity contribution in [3.63, 3.8) is 0 Å². The van der Waals surface area contributed by atoms with Gasteiger partial charge in [-0.2, -0.15) is 0 Å². The van der Waals surface area contributed by atoms with Gasteiger partial charge in [-0.15, -0.1) is 12.4 Å². The monoisotopic (exact) mass is 311 g/mol. The second-order valence-electron chi connectivity index (χ2n) is 4.43. The highest BCUT2D eigenvalue weighted by molar-refractivity contribution is 6.33. The fourth-order valence-corrected chi connectivity index (χ4v) is 2.27. The van der Waals surface area contributed by atoms with Gasteiger partial charge in [-0.05, 0) is 30.2 Å². The summed E-state index contributed by atoms with van der Waals surface area (Å²) in [5, 5.41) is 12.8. The molecule has 2 N–H and O–H groups in total. The lowest BCUT2D eigenvalue weighted by atomic mass is 10.0. The van der Waals surface area contributed by atoms with E-state index in [0.717, 1.165) is 41.2 Å². The van der Waals surface area contributed by atoms with Crippen LogP contribution in [0.4, 0.5) is 0 Å². The van der Waals surface area contributed by atoms with Gasteiger partial charge in [0.15, 0.2) is 0 Å². The average Bonchev–Trinajstić information content (AvgIpc) is 2.45. The molecule has 0 saturated heterocycles. The van der Waals surface area contributed by atoms with Crippen LogP contribution in [-0.4, -0.2) is 18.3 Å². The number of aliphatic hydroxyl groups is 1. The van der Waals surface area contributed by atoms with Crippen molar-refractivity contribution in [2.75, 3.05) is 13.2 Å². The second kappa shape index (κ2) is 8.98. The zero-order valence-electron chi connectivity index (χ0n) is 11.2. The molecular weight excluding hydrogens is 293 g/mol. The van der Waals surface area contributed by atoms with Crippen molar-refractivity contribution in [1.29, 1.82) is 0 Å². The maximum atomic E-state index is 8.71. The van der Waals surface area contributed by atoms with Gasteiger partial charge in [0.2, 0.25) is 0 Å². The normalized spacial score (nSPS) is 10.1. The second-order valence-corrected chi connectivity index (χ2v) is 4.84. The average molecular weight is 312 g/mol. The van der Waals surface area contributed by atoms with E-state index in [9.17, 15) is 0 Å². The van der Waals surface area contributed by atoms with Crippen molar-refractivity contribution in [2.24, 2.45) is 0 Å². The van der Waals surface area contributed by atoms with Crippen molar-refractivity contribution in [3.05, 3.63) is 59.1 Å². The molecule has 4 heteroatoms. The van der Waals surface area contributed by atoms with Crippen LogP contribution in [0.25, 0.3) is 11.1 Å². The minimum atomic E-state index is 0. The Morgan fingerprint density at radius 1 is 1.05 bits per heavy atom.